The summed E-state index contributed by atoms with van der Waals surface area (Å²) < 4.78 is 14.0. The Balaban J connectivity index is 1.24. The second kappa shape index (κ2) is 19.6. The third-order valence-electron chi connectivity index (χ3n) is 13.7. The molecule has 0 saturated carbocycles. The molecule has 1 unspecified atom stereocenters. The van der Waals surface area contributed by atoms with Crippen LogP contribution in [0.3, 0.4) is 0 Å². The molecule has 0 spiro atoms. The fraction of sp³-hybridized carbons (Fsp3) is 0.471. The molecule has 4 aromatic rings. The van der Waals surface area contributed by atoms with Gasteiger partial charge in [-0.25, -0.2) is 5.43 Å². The lowest BCUT2D eigenvalue weighted by atomic mass is 9.67. The quantitative estimate of drug-likeness (QED) is 0.101. The summed E-state index contributed by atoms with van der Waals surface area (Å²) in [5.41, 5.74) is 8.83. The van der Waals surface area contributed by atoms with Gasteiger partial charge in [-0.2, -0.15) is 5.26 Å². The Bertz CT molecular complexity index is 2560. The molecule has 5 atom stereocenters. The minimum atomic E-state index is -1.52. The number of hydrogen-bond donors (Lipinski definition) is 2. The molecule has 348 valence electrons. The SMILES string of the molecule is C=CC(=O)N1CC[C@](C#N)(C(=O)N(C)[C@H](C(=O)N[C@@H](Cc2cccc(-c3ccc4c(c3)c3c(n4CC)-c4cccnc4[C@@H](OC)C3C(C)(C)COC=O)c2)C(=O)N2CCCCN2)C(C)C)C1. The molecule has 1 aliphatic carbocycles. The molecule has 2 aromatic carbocycles. The number of nitrogens with one attached hydrogen (secondary N) is 2. The number of likely N-dealkylation sites (N-methyl/N-ethyl adjacent to an activating group) is 1. The summed E-state index contributed by atoms with van der Waals surface area (Å²) in [5, 5.41) is 16.0. The Morgan fingerprint density at radius 1 is 1.11 bits per heavy atom. The predicted octanol–water partition coefficient (Wildman–Crippen LogP) is 5.94. The Morgan fingerprint density at radius 2 is 1.88 bits per heavy atom. The van der Waals surface area contributed by atoms with Gasteiger partial charge in [0.15, 0.2) is 5.41 Å². The Kier molecular flexibility index (Phi) is 14.1. The van der Waals surface area contributed by atoms with Gasteiger partial charge in [0, 0.05) is 87.3 Å². The molecular weight excluding hydrogens is 837 g/mol. The molecule has 4 amide bonds. The number of hydrogen-bond acceptors (Lipinski definition) is 10. The van der Waals surface area contributed by atoms with Gasteiger partial charge in [-0.15, -0.1) is 0 Å². The summed E-state index contributed by atoms with van der Waals surface area (Å²) in [5.74, 6) is -2.36. The van der Waals surface area contributed by atoms with Gasteiger partial charge in [-0.1, -0.05) is 64.6 Å². The van der Waals surface area contributed by atoms with E-state index in [4.69, 9.17) is 14.5 Å². The number of nitrogens with zero attached hydrogens (tertiary/aromatic N) is 6. The van der Waals surface area contributed by atoms with Gasteiger partial charge in [-0.3, -0.25) is 34.0 Å². The standard InChI is InChI=1S/C51H62N8O7/c1-9-40(61)57-24-20-51(28-52,29-57)49(64)56(7)44(32(3)4)47(62)55-38(48(63)59-23-12-11-22-54-59)26-33-15-13-16-34(25-33)35-18-19-39-37(27-35)41-42(50(5,6)30-66-31-60)46(65-8)43-36(17-14-21-53-43)45(41)58(39)10-2/h9,13-19,21,25,27,31-32,38,42,44,46,54H,1,10-12,20,22-24,26,29-30H2,2-8H3,(H,55,62)/t38-,42?,44-,46-,51+/m0/s1. The summed E-state index contributed by atoms with van der Waals surface area (Å²) in [7, 11) is 3.20. The Labute approximate surface area is 387 Å². The van der Waals surface area contributed by atoms with Gasteiger partial charge in [0.25, 0.3) is 12.4 Å². The number of carbonyl (C=O) groups excluding carboxylic acids is 5. The average Bonchev–Trinajstić information content (AvgIpc) is 3.92. The highest BCUT2D eigenvalue weighted by Crippen LogP contribution is 2.57. The molecule has 15 heteroatoms. The maximum absolute atomic E-state index is 14.5. The van der Waals surface area contributed by atoms with Crippen LogP contribution in [-0.4, -0.2) is 113 Å². The number of amides is 4. The van der Waals surface area contributed by atoms with Crippen molar-refractivity contribution in [3.05, 3.63) is 90.3 Å². The lowest BCUT2D eigenvalue weighted by Gasteiger charge is -2.42. The van der Waals surface area contributed by atoms with Crippen LogP contribution in [-0.2, 0) is 46.4 Å². The molecule has 66 heavy (non-hydrogen) atoms. The van der Waals surface area contributed by atoms with Gasteiger partial charge >= 0.3 is 0 Å². The monoisotopic (exact) mass is 898 g/mol. The molecule has 7 rings (SSSR count). The van der Waals surface area contributed by atoms with Crippen LogP contribution in [0.1, 0.15) is 82.7 Å². The largest absolute Gasteiger partial charge is 0.467 e. The highest BCUT2D eigenvalue weighted by Gasteiger charge is 2.50. The summed E-state index contributed by atoms with van der Waals surface area (Å²) in [4.78, 5) is 74.5. The van der Waals surface area contributed by atoms with Gasteiger partial charge in [0.05, 0.1) is 24.1 Å². The number of methoxy groups -OCH3 is 1. The van der Waals surface area contributed by atoms with Crippen molar-refractivity contribution in [3.63, 3.8) is 0 Å². The molecule has 15 nitrogen and oxygen atoms in total. The fourth-order valence-electron chi connectivity index (χ4n) is 10.5. The summed E-state index contributed by atoms with van der Waals surface area (Å²) >= 11 is 0. The van der Waals surface area contributed by atoms with Crippen molar-refractivity contribution in [1.82, 2.24) is 35.1 Å². The number of benzene rings is 2. The lowest BCUT2D eigenvalue weighted by Crippen LogP contribution is -2.60. The maximum atomic E-state index is 14.5. The second-order valence-electron chi connectivity index (χ2n) is 18.8. The summed E-state index contributed by atoms with van der Waals surface area (Å²) in [6.45, 7) is 16.0. The van der Waals surface area contributed by atoms with Gasteiger partial charge in [0.1, 0.15) is 18.2 Å². The van der Waals surface area contributed by atoms with E-state index >= 15 is 0 Å². The number of nitriles is 1. The van der Waals surface area contributed by atoms with Crippen LogP contribution in [0.25, 0.3) is 33.3 Å². The van der Waals surface area contributed by atoms with Crippen LogP contribution in [0.15, 0.2) is 73.4 Å². The van der Waals surface area contributed by atoms with E-state index in [0.717, 1.165) is 69.0 Å². The number of fused-ring (bicyclic) bond motifs is 5. The molecule has 2 aliphatic heterocycles. The summed E-state index contributed by atoms with van der Waals surface area (Å²) in [6.07, 6.45) is 4.54. The number of rotatable bonds is 16. The first-order valence-electron chi connectivity index (χ1n) is 22.9. The first-order valence-corrected chi connectivity index (χ1v) is 22.9. The van der Waals surface area contributed by atoms with Gasteiger partial charge in [0.2, 0.25) is 17.7 Å². The van der Waals surface area contributed by atoms with Crippen molar-refractivity contribution >= 4 is 41.0 Å². The van der Waals surface area contributed by atoms with E-state index in [-0.39, 0.29) is 56.2 Å². The minimum absolute atomic E-state index is 0.101. The maximum Gasteiger partial charge on any atom is 0.293 e. The van der Waals surface area contributed by atoms with Crippen LogP contribution in [0, 0.1) is 28.1 Å². The number of aryl methyl sites for hydroxylation is 1. The first-order chi connectivity index (χ1) is 31.6. The smallest absolute Gasteiger partial charge is 0.293 e. The van der Waals surface area contributed by atoms with Crippen LogP contribution < -0.4 is 10.7 Å². The van der Waals surface area contributed by atoms with E-state index in [0.29, 0.717) is 26.1 Å². The normalized spacial score (nSPS) is 20.2. The van der Waals surface area contributed by atoms with Crippen molar-refractivity contribution in [2.45, 2.75) is 91.0 Å². The summed E-state index contributed by atoms with van der Waals surface area (Å²) in [6, 6.07) is 18.6. The number of pyridine rings is 1. The lowest BCUT2D eigenvalue weighted by molar-refractivity contribution is -0.147. The fourth-order valence-corrected chi connectivity index (χ4v) is 10.5. The molecule has 2 saturated heterocycles. The molecule has 0 bridgehead atoms. The topological polar surface area (TPSA) is 179 Å². The van der Waals surface area contributed by atoms with Crippen LogP contribution in [0.4, 0.5) is 0 Å². The van der Waals surface area contributed by atoms with Gasteiger partial charge in [-0.05, 0) is 84.7 Å². The zero-order chi connectivity index (χ0) is 47.5. The number of ether oxygens (including phenoxy) is 2. The van der Waals surface area contributed by atoms with Crippen molar-refractivity contribution in [1.29, 1.82) is 5.26 Å². The van der Waals surface area contributed by atoms with Crippen molar-refractivity contribution in [2.24, 2.45) is 16.7 Å². The minimum Gasteiger partial charge on any atom is -0.467 e. The number of carbonyl (C=O) groups is 5. The van der Waals surface area contributed by atoms with Crippen molar-refractivity contribution < 1.29 is 33.4 Å². The van der Waals surface area contributed by atoms with E-state index in [2.05, 4.69) is 73.0 Å². The number of hydrazine groups is 1. The predicted molar refractivity (Wildman–Crippen MR) is 250 cm³/mol. The Morgan fingerprint density at radius 3 is 2.55 bits per heavy atom. The highest BCUT2D eigenvalue weighted by atomic mass is 16.5. The molecule has 3 aliphatic rings. The van der Waals surface area contributed by atoms with Crippen LogP contribution in [0.5, 0.6) is 0 Å². The van der Waals surface area contributed by atoms with E-state index in [1.54, 1.807) is 18.3 Å². The van der Waals surface area contributed by atoms with Crippen LogP contribution in [0.2, 0.25) is 0 Å². The van der Waals surface area contributed by atoms with Crippen molar-refractivity contribution in [2.75, 3.05) is 46.9 Å². The third-order valence-corrected chi connectivity index (χ3v) is 13.7. The molecule has 2 N–H and O–H groups in total. The second-order valence-corrected chi connectivity index (χ2v) is 18.8. The zero-order valence-electron chi connectivity index (χ0n) is 39.1. The van der Waals surface area contributed by atoms with E-state index < -0.39 is 40.8 Å². The van der Waals surface area contributed by atoms with E-state index in [9.17, 15) is 29.2 Å². The number of likely N-dealkylation sites (tertiary alicyclic amines) is 1. The van der Waals surface area contributed by atoms with E-state index in [1.807, 2.05) is 44.2 Å². The Hall–Kier alpha value is -6.37. The number of aromatic nitrogens is 2. The highest BCUT2D eigenvalue weighted by molar-refractivity contribution is 5.98. The first kappa shape index (κ1) is 47.6. The molecule has 0 radical (unpaired) electrons. The van der Waals surface area contributed by atoms with Crippen LogP contribution >= 0.6 is 0 Å². The third kappa shape index (κ3) is 8.84. The molecule has 4 heterocycles. The molecule has 2 fully saturated rings. The average molecular weight is 899 g/mol. The molecule has 2 aromatic heterocycles. The zero-order valence-corrected chi connectivity index (χ0v) is 39.1. The van der Waals surface area contributed by atoms with E-state index in [1.165, 1.54) is 16.8 Å². The van der Waals surface area contributed by atoms with Crippen molar-refractivity contribution in [3.8, 4) is 28.5 Å². The van der Waals surface area contributed by atoms with Gasteiger partial charge < -0.3 is 29.2 Å². The molecular formula is C51H62N8O7.